The van der Waals surface area contributed by atoms with Crippen LogP contribution in [0.15, 0.2) is 55.4 Å². The molecule has 3 aromatic rings. The summed E-state index contributed by atoms with van der Waals surface area (Å²) in [6, 6.07) is 7.82. The Morgan fingerprint density at radius 1 is 1.11 bits per heavy atom. The van der Waals surface area contributed by atoms with E-state index in [1.807, 2.05) is 28.9 Å². The van der Waals surface area contributed by atoms with Crippen molar-refractivity contribution in [3.63, 3.8) is 0 Å². The SMILES string of the molecule is Cn1cncc1-c1cc(CC2CCN(C(=O)c3ccncc3)CC2)ccn1. The Balaban J connectivity index is 1.37. The molecule has 0 spiro atoms. The molecule has 27 heavy (non-hydrogen) atoms. The molecule has 0 atom stereocenters. The molecule has 4 rings (SSSR count). The van der Waals surface area contributed by atoms with Gasteiger partial charge in [0, 0.05) is 44.3 Å². The van der Waals surface area contributed by atoms with Gasteiger partial charge in [-0.2, -0.15) is 0 Å². The molecular weight excluding hydrogens is 338 g/mol. The van der Waals surface area contributed by atoms with Crippen LogP contribution >= 0.6 is 0 Å². The number of carbonyl (C=O) groups is 1. The number of likely N-dealkylation sites (tertiary alicyclic amines) is 1. The zero-order chi connectivity index (χ0) is 18.6. The fourth-order valence-corrected chi connectivity index (χ4v) is 3.70. The first-order valence-corrected chi connectivity index (χ1v) is 9.31. The fourth-order valence-electron chi connectivity index (χ4n) is 3.70. The molecule has 4 heterocycles. The second-order valence-corrected chi connectivity index (χ2v) is 7.11. The van der Waals surface area contributed by atoms with E-state index in [9.17, 15) is 4.79 Å². The van der Waals surface area contributed by atoms with Crippen LogP contribution in [0.2, 0.25) is 0 Å². The lowest BCUT2D eigenvalue weighted by atomic mass is 9.90. The van der Waals surface area contributed by atoms with Gasteiger partial charge in [-0.15, -0.1) is 0 Å². The number of carbonyl (C=O) groups excluding carboxylic acids is 1. The van der Waals surface area contributed by atoms with E-state index in [0.29, 0.717) is 5.92 Å². The zero-order valence-electron chi connectivity index (χ0n) is 15.5. The van der Waals surface area contributed by atoms with Crippen LogP contribution in [0.5, 0.6) is 0 Å². The third-order valence-electron chi connectivity index (χ3n) is 5.26. The van der Waals surface area contributed by atoms with Gasteiger partial charge in [0.25, 0.3) is 5.91 Å². The van der Waals surface area contributed by atoms with Crippen molar-refractivity contribution >= 4 is 5.91 Å². The van der Waals surface area contributed by atoms with Crippen molar-refractivity contribution in [1.82, 2.24) is 24.4 Å². The second-order valence-electron chi connectivity index (χ2n) is 7.11. The standard InChI is InChI=1S/C21H23N5O/c1-25-15-23-14-20(25)19-13-17(2-9-24-19)12-16-5-10-26(11-6-16)21(27)18-3-7-22-8-4-18/h2-4,7-9,13-16H,5-6,10-12H2,1H3. The molecule has 1 aliphatic heterocycles. The van der Waals surface area contributed by atoms with Crippen LogP contribution in [-0.4, -0.2) is 43.4 Å². The third-order valence-corrected chi connectivity index (χ3v) is 5.26. The largest absolute Gasteiger partial charge is 0.339 e. The Kier molecular flexibility index (Phi) is 4.96. The molecular formula is C21H23N5O. The number of imidazole rings is 1. The highest BCUT2D eigenvalue weighted by molar-refractivity contribution is 5.94. The predicted molar refractivity (Wildman–Crippen MR) is 103 cm³/mol. The van der Waals surface area contributed by atoms with Crippen LogP contribution in [-0.2, 0) is 13.5 Å². The lowest BCUT2D eigenvalue weighted by Crippen LogP contribution is -2.38. The number of hydrogen-bond acceptors (Lipinski definition) is 4. The molecule has 138 valence electrons. The van der Waals surface area contributed by atoms with Gasteiger partial charge in [-0.3, -0.25) is 14.8 Å². The highest BCUT2D eigenvalue weighted by atomic mass is 16.2. The van der Waals surface area contributed by atoms with E-state index in [2.05, 4.69) is 27.1 Å². The first-order valence-electron chi connectivity index (χ1n) is 9.31. The Hall–Kier alpha value is -3.02. The molecule has 1 aliphatic rings. The molecule has 0 N–H and O–H groups in total. The summed E-state index contributed by atoms with van der Waals surface area (Å²) in [6.07, 6.45) is 11.9. The quantitative estimate of drug-likeness (QED) is 0.717. The molecule has 0 unspecified atom stereocenters. The summed E-state index contributed by atoms with van der Waals surface area (Å²) in [5.74, 6) is 0.700. The first kappa shape index (κ1) is 17.4. The predicted octanol–water partition coefficient (Wildman–Crippen LogP) is 2.97. The Morgan fingerprint density at radius 3 is 2.59 bits per heavy atom. The normalized spacial score (nSPS) is 15.1. The van der Waals surface area contributed by atoms with Gasteiger partial charge in [0.15, 0.2) is 0 Å². The van der Waals surface area contributed by atoms with E-state index < -0.39 is 0 Å². The van der Waals surface area contributed by atoms with Gasteiger partial charge < -0.3 is 9.47 Å². The van der Waals surface area contributed by atoms with E-state index in [-0.39, 0.29) is 5.91 Å². The smallest absolute Gasteiger partial charge is 0.253 e. The molecule has 0 bridgehead atoms. The molecule has 0 saturated carbocycles. The molecule has 6 nitrogen and oxygen atoms in total. The minimum atomic E-state index is 0.109. The van der Waals surface area contributed by atoms with Crippen molar-refractivity contribution < 1.29 is 4.79 Å². The van der Waals surface area contributed by atoms with Gasteiger partial charge in [-0.05, 0) is 55.0 Å². The second kappa shape index (κ2) is 7.70. The van der Waals surface area contributed by atoms with Crippen LogP contribution in [0, 0.1) is 5.92 Å². The monoisotopic (exact) mass is 361 g/mol. The number of aryl methyl sites for hydroxylation is 1. The lowest BCUT2D eigenvalue weighted by Gasteiger charge is -2.32. The van der Waals surface area contributed by atoms with Crippen molar-refractivity contribution in [2.45, 2.75) is 19.3 Å². The molecule has 0 radical (unpaired) electrons. The van der Waals surface area contributed by atoms with Crippen molar-refractivity contribution in [1.29, 1.82) is 0 Å². The average Bonchev–Trinajstić information content (AvgIpc) is 3.15. The van der Waals surface area contributed by atoms with Gasteiger partial charge in [-0.25, -0.2) is 4.98 Å². The number of pyridine rings is 2. The van der Waals surface area contributed by atoms with E-state index >= 15 is 0 Å². The summed E-state index contributed by atoms with van der Waals surface area (Å²) in [4.78, 5) is 27.2. The highest BCUT2D eigenvalue weighted by Crippen LogP contribution is 2.24. The van der Waals surface area contributed by atoms with Crippen LogP contribution in [0.3, 0.4) is 0 Å². The lowest BCUT2D eigenvalue weighted by molar-refractivity contribution is 0.0690. The minimum Gasteiger partial charge on any atom is -0.339 e. The van der Waals surface area contributed by atoms with Gasteiger partial charge >= 0.3 is 0 Å². The van der Waals surface area contributed by atoms with Crippen LogP contribution in [0.4, 0.5) is 0 Å². The number of nitrogens with zero attached hydrogens (tertiary/aromatic N) is 5. The van der Waals surface area contributed by atoms with Crippen molar-refractivity contribution in [3.05, 3.63) is 66.5 Å². The summed E-state index contributed by atoms with van der Waals surface area (Å²) in [5.41, 5.74) is 3.99. The summed E-state index contributed by atoms with van der Waals surface area (Å²) in [5, 5.41) is 0. The average molecular weight is 361 g/mol. The molecule has 6 heteroatoms. The van der Waals surface area contributed by atoms with E-state index in [1.165, 1.54) is 5.56 Å². The topological polar surface area (TPSA) is 63.9 Å². The van der Waals surface area contributed by atoms with Crippen LogP contribution < -0.4 is 0 Å². The van der Waals surface area contributed by atoms with Crippen LogP contribution in [0.25, 0.3) is 11.4 Å². The first-order chi connectivity index (χ1) is 13.2. The van der Waals surface area contributed by atoms with Gasteiger partial charge in [0.2, 0.25) is 0 Å². The summed E-state index contributed by atoms with van der Waals surface area (Å²) in [6.45, 7) is 1.62. The molecule has 1 amide bonds. The summed E-state index contributed by atoms with van der Waals surface area (Å²) >= 11 is 0. The van der Waals surface area contributed by atoms with Crippen LogP contribution in [0.1, 0.15) is 28.8 Å². The minimum absolute atomic E-state index is 0.109. The Labute approximate surface area is 158 Å². The van der Waals surface area contributed by atoms with Crippen molar-refractivity contribution in [2.75, 3.05) is 13.1 Å². The Bertz CT molecular complexity index is 913. The maximum absolute atomic E-state index is 12.6. The zero-order valence-corrected chi connectivity index (χ0v) is 15.5. The van der Waals surface area contributed by atoms with E-state index in [4.69, 9.17) is 0 Å². The summed E-state index contributed by atoms with van der Waals surface area (Å²) in [7, 11) is 1.98. The third kappa shape index (κ3) is 3.89. The maximum atomic E-state index is 12.6. The van der Waals surface area contributed by atoms with Gasteiger partial charge in [0.1, 0.15) is 0 Å². The maximum Gasteiger partial charge on any atom is 0.253 e. The van der Waals surface area contributed by atoms with Gasteiger partial charge in [0.05, 0.1) is 23.9 Å². The van der Waals surface area contributed by atoms with E-state index in [0.717, 1.165) is 49.3 Å². The highest BCUT2D eigenvalue weighted by Gasteiger charge is 2.24. The fraction of sp³-hybridized carbons (Fsp3) is 0.333. The number of hydrogen-bond donors (Lipinski definition) is 0. The van der Waals surface area contributed by atoms with Crippen molar-refractivity contribution in [3.8, 4) is 11.4 Å². The number of rotatable bonds is 4. The van der Waals surface area contributed by atoms with Gasteiger partial charge in [-0.1, -0.05) is 0 Å². The van der Waals surface area contributed by atoms with Crippen molar-refractivity contribution in [2.24, 2.45) is 13.0 Å². The molecule has 3 aromatic heterocycles. The summed E-state index contributed by atoms with van der Waals surface area (Å²) < 4.78 is 1.98. The molecule has 1 saturated heterocycles. The number of piperidine rings is 1. The van der Waals surface area contributed by atoms with E-state index in [1.54, 1.807) is 30.9 Å². The number of aromatic nitrogens is 4. The Morgan fingerprint density at radius 2 is 1.89 bits per heavy atom. The molecule has 0 aliphatic carbocycles. The number of amides is 1. The molecule has 0 aromatic carbocycles. The molecule has 1 fully saturated rings.